The van der Waals surface area contributed by atoms with E-state index in [-0.39, 0.29) is 5.43 Å². The molecule has 0 aliphatic heterocycles. The Kier molecular flexibility index (Phi) is 8.59. The molecule has 0 spiro atoms. The second kappa shape index (κ2) is 11.0. The number of fused-ring (bicyclic) bond motifs is 2. The largest absolute Gasteiger partial charge is 0.149 e. The van der Waals surface area contributed by atoms with Crippen LogP contribution in [0, 0.1) is 12.0 Å². The van der Waals surface area contributed by atoms with Crippen LogP contribution in [0.25, 0.3) is 21.9 Å². The Hall–Kier alpha value is -1.37. The summed E-state index contributed by atoms with van der Waals surface area (Å²) in [7, 11) is 0. The SMILES string of the molecule is CC1=[C-]C(C)C(C)=C1C.C[Si](C)=[Zr+2].c1ccc(-c2c[cH-]c3cc4c(cc23)CCC4)cc1. The van der Waals surface area contributed by atoms with Gasteiger partial charge in [0.05, 0.1) is 0 Å². The zero-order chi connectivity index (χ0) is 22.5. The van der Waals surface area contributed by atoms with Crippen LogP contribution in [0.3, 0.4) is 0 Å². The van der Waals surface area contributed by atoms with Gasteiger partial charge in [0.1, 0.15) is 0 Å². The molecule has 2 aliphatic rings. The minimum atomic E-state index is 0.210. The van der Waals surface area contributed by atoms with E-state index in [9.17, 15) is 0 Å². The van der Waals surface area contributed by atoms with Crippen LogP contribution in [0.4, 0.5) is 0 Å². The van der Waals surface area contributed by atoms with Crippen molar-refractivity contribution in [2.24, 2.45) is 5.92 Å². The van der Waals surface area contributed by atoms with Crippen LogP contribution in [0.1, 0.15) is 45.2 Å². The van der Waals surface area contributed by atoms with Crippen LogP contribution in [-0.2, 0) is 36.2 Å². The van der Waals surface area contributed by atoms with Crippen molar-refractivity contribution in [3.8, 4) is 11.1 Å². The van der Waals surface area contributed by atoms with Crippen molar-refractivity contribution in [1.82, 2.24) is 0 Å². The molecule has 31 heavy (non-hydrogen) atoms. The van der Waals surface area contributed by atoms with Crippen LogP contribution in [-0.4, -0.2) is 5.43 Å². The zero-order valence-electron chi connectivity index (χ0n) is 19.9. The number of benzene rings is 2. The van der Waals surface area contributed by atoms with Gasteiger partial charge in [0, 0.05) is 0 Å². The van der Waals surface area contributed by atoms with Crippen LogP contribution in [0.5, 0.6) is 0 Å². The van der Waals surface area contributed by atoms with Crippen molar-refractivity contribution in [2.45, 2.75) is 60.1 Å². The van der Waals surface area contributed by atoms with E-state index in [0.717, 1.165) is 0 Å². The number of allylic oxidation sites excluding steroid dienone is 4. The van der Waals surface area contributed by atoms with Gasteiger partial charge >= 0.3 is 41.9 Å². The Morgan fingerprint density at radius 1 is 1.00 bits per heavy atom. The predicted octanol–water partition coefficient (Wildman–Crippen LogP) is 8.22. The van der Waals surface area contributed by atoms with Gasteiger partial charge in [0.15, 0.2) is 0 Å². The number of hydrogen-bond acceptors (Lipinski definition) is 0. The van der Waals surface area contributed by atoms with Crippen molar-refractivity contribution in [2.75, 3.05) is 0 Å². The molecule has 0 saturated heterocycles. The van der Waals surface area contributed by atoms with E-state index >= 15 is 0 Å². The Balaban J connectivity index is 0.000000176. The van der Waals surface area contributed by atoms with E-state index in [1.807, 2.05) is 0 Å². The summed E-state index contributed by atoms with van der Waals surface area (Å²) in [5, 5.41) is 2.82. The molecule has 0 amide bonds. The van der Waals surface area contributed by atoms with E-state index in [1.165, 1.54) is 57.9 Å². The van der Waals surface area contributed by atoms with Gasteiger partial charge in [-0.15, -0.1) is 47.5 Å². The van der Waals surface area contributed by atoms with Crippen LogP contribution in [0.2, 0.25) is 13.1 Å². The van der Waals surface area contributed by atoms with Gasteiger partial charge in [0.2, 0.25) is 0 Å². The first-order chi connectivity index (χ1) is 14.8. The first-order valence-corrected chi connectivity index (χ1v) is 17.5. The van der Waals surface area contributed by atoms with E-state index < -0.39 is 0 Å². The van der Waals surface area contributed by atoms with Crippen LogP contribution < -0.4 is 0 Å². The van der Waals surface area contributed by atoms with Gasteiger partial charge in [0.25, 0.3) is 0 Å². The molecule has 0 N–H and O–H groups in total. The standard InChI is InChI=1S/C18H15.C9H13.C2H6Si.Zr/c1-2-5-13(6-3-1)17-10-9-16-11-14-7-4-8-15(14)12-18(16)17;1-6-5-7(2)9(4)8(6)3;1-3-2;/h1-3,5-6,9-12H,4,7-8H2;6H,1-4H3;1-2H3;/q2*-1;;+2. The molecule has 2 heteroatoms. The van der Waals surface area contributed by atoms with Gasteiger partial charge in [-0.25, -0.2) is 5.57 Å². The van der Waals surface area contributed by atoms with Gasteiger partial charge in [-0.05, 0) is 19.3 Å². The first kappa shape index (κ1) is 24.3. The van der Waals surface area contributed by atoms with Crippen LogP contribution >= 0.6 is 0 Å². The summed E-state index contributed by atoms with van der Waals surface area (Å²) in [6, 6.07) is 20.0. The number of hydrogen-bond donors (Lipinski definition) is 0. The molecule has 1 atom stereocenters. The summed E-state index contributed by atoms with van der Waals surface area (Å²) in [5.41, 5.74) is 10.3. The fraction of sp³-hybridized carbons (Fsp3) is 0.345. The van der Waals surface area contributed by atoms with Gasteiger partial charge in [-0.2, -0.15) is 11.1 Å². The third-order valence-corrected chi connectivity index (χ3v) is 6.31. The van der Waals surface area contributed by atoms with E-state index in [2.05, 4.69) is 101 Å². The average Bonchev–Trinajstić information content (AvgIpc) is 3.42. The molecule has 5 rings (SSSR count). The van der Waals surface area contributed by atoms with Gasteiger partial charge in [-0.3, -0.25) is 6.08 Å². The summed E-state index contributed by atoms with van der Waals surface area (Å²) < 4.78 is 0. The summed E-state index contributed by atoms with van der Waals surface area (Å²) in [6.45, 7) is 13.3. The monoisotopic (exact) mass is 500 g/mol. The Labute approximate surface area is 204 Å². The topological polar surface area (TPSA) is 0 Å². The van der Waals surface area contributed by atoms with Crippen molar-refractivity contribution < 1.29 is 23.3 Å². The third-order valence-electron chi connectivity index (χ3n) is 6.31. The van der Waals surface area contributed by atoms with E-state index in [4.69, 9.17) is 0 Å². The fourth-order valence-corrected chi connectivity index (χ4v) is 4.31. The molecular formula is C29H34SiZr. The maximum absolute atomic E-state index is 3.36. The molecule has 0 radical (unpaired) electrons. The molecule has 158 valence electrons. The summed E-state index contributed by atoms with van der Waals surface area (Å²) in [5.74, 6) is 0.560. The summed E-state index contributed by atoms with van der Waals surface area (Å²) >= 11 is 1.74. The molecule has 3 aromatic rings. The predicted molar refractivity (Wildman–Crippen MR) is 134 cm³/mol. The minimum Gasteiger partial charge on any atom is -0.149 e. The Bertz CT molecular complexity index is 1120. The zero-order valence-corrected chi connectivity index (χ0v) is 23.4. The Morgan fingerprint density at radius 3 is 2.13 bits per heavy atom. The third kappa shape index (κ3) is 6.11. The van der Waals surface area contributed by atoms with E-state index in [1.54, 1.807) is 34.5 Å². The average molecular weight is 502 g/mol. The van der Waals surface area contributed by atoms with Crippen molar-refractivity contribution in [1.29, 1.82) is 0 Å². The maximum atomic E-state index is 3.36. The molecule has 0 nitrogen and oxygen atoms in total. The molecule has 0 fully saturated rings. The van der Waals surface area contributed by atoms with Crippen molar-refractivity contribution >= 4 is 16.2 Å². The maximum Gasteiger partial charge on any atom is -0.0289 e. The van der Waals surface area contributed by atoms with Gasteiger partial charge < -0.3 is 0 Å². The molecule has 2 aliphatic carbocycles. The van der Waals surface area contributed by atoms with Gasteiger partial charge in [-0.1, -0.05) is 73.7 Å². The van der Waals surface area contributed by atoms with Crippen LogP contribution in [0.15, 0.2) is 71.3 Å². The molecule has 0 bridgehead atoms. The number of rotatable bonds is 1. The smallest absolute Gasteiger partial charge is 0.0289 e. The molecule has 0 heterocycles. The minimum absolute atomic E-state index is 0.210. The molecule has 3 aromatic carbocycles. The fourth-order valence-electron chi connectivity index (χ4n) is 4.31. The second-order valence-corrected chi connectivity index (χ2v) is 18.3. The molecule has 0 aromatic heterocycles. The van der Waals surface area contributed by atoms with E-state index in [0.29, 0.717) is 5.92 Å². The first-order valence-electron chi connectivity index (χ1n) is 11.3. The quantitative estimate of drug-likeness (QED) is 0.233. The summed E-state index contributed by atoms with van der Waals surface area (Å²) in [6.07, 6.45) is 7.20. The number of aryl methyl sites for hydroxylation is 2. The van der Waals surface area contributed by atoms with Crippen molar-refractivity contribution in [3.63, 3.8) is 0 Å². The Morgan fingerprint density at radius 2 is 1.61 bits per heavy atom. The molecule has 1 unspecified atom stereocenters. The van der Waals surface area contributed by atoms with Crippen molar-refractivity contribution in [3.05, 3.63) is 88.5 Å². The second-order valence-electron chi connectivity index (χ2n) is 8.97. The normalized spacial score (nSPS) is 16.9. The molecular weight excluding hydrogens is 468 g/mol. The summed E-state index contributed by atoms with van der Waals surface area (Å²) in [4.78, 5) is 0. The molecule has 0 saturated carbocycles.